The third-order valence-corrected chi connectivity index (χ3v) is 5.79. The summed E-state index contributed by atoms with van der Waals surface area (Å²) in [5, 5.41) is 3.45. The normalized spacial score (nSPS) is 12.6. The number of H-pyrrole nitrogens is 1. The second-order valence-corrected chi connectivity index (χ2v) is 9.03. The lowest BCUT2D eigenvalue weighted by Gasteiger charge is -2.14. The van der Waals surface area contributed by atoms with E-state index in [-0.39, 0.29) is 22.4 Å². The van der Waals surface area contributed by atoms with Gasteiger partial charge in [-0.15, -0.1) is 0 Å². The molecule has 0 aliphatic carbocycles. The average molecular weight is 413 g/mol. The van der Waals surface area contributed by atoms with Crippen molar-refractivity contribution >= 4 is 26.6 Å². The van der Waals surface area contributed by atoms with Gasteiger partial charge in [-0.2, -0.15) is 0 Å². The maximum atomic E-state index is 12.2. The fourth-order valence-electron chi connectivity index (χ4n) is 3.07. The number of nitrogens with one attached hydrogen (secondary N) is 2. The third-order valence-electron chi connectivity index (χ3n) is 4.67. The Hall–Kier alpha value is -3.00. The lowest BCUT2D eigenvalue weighted by Crippen LogP contribution is -2.26. The van der Waals surface area contributed by atoms with E-state index in [2.05, 4.69) is 15.3 Å². The van der Waals surface area contributed by atoms with Gasteiger partial charge in [0.1, 0.15) is 5.82 Å². The molecular formula is C21H23N3O4S. The smallest absolute Gasteiger partial charge is 0.258 e. The summed E-state index contributed by atoms with van der Waals surface area (Å²) >= 11 is 0. The minimum Gasteiger partial charge on any atom is -0.350 e. The number of hydrogen-bond acceptors (Lipinski definition) is 5. The Bertz CT molecular complexity index is 1180. The Balaban J connectivity index is 1.54. The highest BCUT2D eigenvalue weighted by Gasteiger charge is 2.12. The van der Waals surface area contributed by atoms with Crippen LogP contribution in [0.5, 0.6) is 0 Å². The molecule has 0 aliphatic rings. The summed E-state index contributed by atoms with van der Waals surface area (Å²) in [6, 6.07) is 13.4. The SMILES string of the molecule is C[C@@H](NC(=O)CCCc1nc2ccccc2c(=O)[nH]1)c1ccc(S(C)(=O)=O)cc1. The topological polar surface area (TPSA) is 109 Å². The number of benzene rings is 2. The number of aromatic nitrogens is 2. The second-order valence-electron chi connectivity index (χ2n) is 7.01. The molecule has 0 saturated carbocycles. The number of sulfone groups is 1. The fourth-order valence-corrected chi connectivity index (χ4v) is 3.70. The standard InChI is InChI=1S/C21H23N3O4S/c1-14(15-10-12-16(13-11-15)29(2,27)28)22-20(25)9-5-8-19-23-18-7-4-3-6-17(18)21(26)24-19/h3-4,6-7,10-14H,5,8-9H2,1-2H3,(H,22,25)(H,23,24,26)/t14-/m1/s1. The van der Waals surface area contributed by atoms with Crippen LogP contribution < -0.4 is 10.9 Å². The molecule has 1 heterocycles. The largest absolute Gasteiger partial charge is 0.350 e. The maximum absolute atomic E-state index is 12.2. The van der Waals surface area contributed by atoms with Crippen LogP contribution in [0.4, 0.5) is 0 Å². The van der Waals surface area contributed by atoms with Crippen molar-refractivity contribution in [3.05, 3.63) is 70.3 Å². The van der Waals surface area contributed by atoms with Gasteiger partial charge in [0.2, 0.25) is 5.91 Å². The van der Waals surface area contributed by atoms with Crippen LogP contribution in [0.15, 0.2) is 58.2 Å². The summed E-state index contributed by atoms with van der Waals surface area (Å²) in [5.41, 5.74) is 1.29. The Kier molecular flexibility index (Phi) is 6.12. The molecule has 3 rings (SSSR count). The Morgan fingerprint density at radius 2 is 1.83 bits per heavy atom. The number of aromatic amines is 1. The van der Waals surface area contributed by atoms with E-state index in [1.165, 1.54) is 12.1 Å². The minimum atomic E-state index is -3.24. The van der Waals surface area contributed by atoms with Crippen LogP contribution in [0.25, 0.3) is 10.9 Å². The van der Waals surface area contributed by atoms with Crippen molar-refractivity contribution in [1.82, 2.24) is 15.3 Å². The van der Waals surface area contributed by atoms with E-state index in [0.717, 1.165) is 11.8 Å². The molecule has 152 valence electrons. The van der Waals surface area contributed by atoms with Gasteiger partial charge in [0.25, 0.3) is 5.56 Å². The Labute approximate surface area is 169 Å². The van der Waals surface area contributed by atoms with Crippen LogP contribution >= 0.6 is 0 Å². The fraction of sp³-hybridized carbons (Fsp3) is 0.286. The summed E-state index contributed by atoms with van der Waals surface area (Å²) in [4.78, 5) is 31.7. The predicted molar refractivity (Wildman–Crippen MR) is 111 cm³/mol. The molecule has 0 fully saturated rings. The molecule has 2 N–H and O–H groups in total. The minimum absolute atomic E-state index is 0.118. The molecule has 0 aliphatic heterocycles. The lowest BCUT2D eigenvalue weighted by atomic mass is 10.1. The van der Waals surface area contributed by atoms with Gasteiger partial charge in [-0.05, 0) is 43.2 Å². The van der Waals surface area contributed by atoms with Gasteiger partial charge in [0.15, 0.2) is 9.84 Å². The zero-order valence-electron chi connectivity index (χ0n) is 16.3. The Morgan fingerprint density at radius 3 is 2.52 bits per heavy atom. The number of amides is 1. The van der Waals surface area contributed by atoms with Gasteiger partial charge in [0, 0.05) is 19.1 Å². The van der Waals surface area contributed by atoms with E-state index >= 15 is 0 Å². The van der Waals surface area contributed by atoms with Gasteiger partial charge < -0.3 is 10.3 Å². The molecule has 1 atom stereocenters. The van der Waals surface area contributed by atoms with Crippen molar-refractivity contribution in [3.8, 4) is 0 Å². The summed E-state index contributed by atoms with van der Waals surface area (Å²) in [7, 11) is -3.24. The number of carbonyl (C=O) groups excluding carboxylic acids is 1. The Morgan fingerprint density at radius 1 is 1.14 bits per heavy atom. The molecule has 0 unspecified atom stereocenters. The van der Waals surface area contributed by atoms with Crippen molar-refractivity contribution in [2.75, 3.05) is 6.26 Å². The summed E-state index contributed by atoms with van der Waals surface area (Å²) in [5.74, 6) is 0.443. The van der Waals surface area contributed by atoms with Crippen LogP contribution in [0.3, 0.4) is 0 Å². The lowest BCUT2D eigenvalue weighted by molar-refractivity contribution is -0.121. The molecule has 7 nitrogen and oxygen atoms in total. The van der Waals surface area contributed by atoms with E-state index in [0.29, 0.717) is 36.0 Å². The zero-order chi connectivity index (χ0) is 21.0. The number of para-hydroxylation sites is 1. The van der Waals surface area contributed by atoms with Gasteiger partial charge in [-0.3, -0.25) is 9.59 Å². The van der Waals surface area contributed by atoms with E-state index in [9.17, 15) is 18.0 Å². The van der Waals surface area contributed by atoms with E-state index in [1.54, 1.807) is 30.3 Å². The number of rotatable bonds is 7. The van der Waals surface area contributed by atoms with Crippen LogP contribution in [0.2, 0.25) is 0 Å². The van der Waals surface area contributed by atoms with Crippen molar-refractivity contribution in [2.45, 2.75) is 37.1 Å². The van der Waals surface area contributed by atoms with Crippen molar-refractivity contribution in [1.29, 1.82) is 0 Å². The van der Waals surface area contributed by atoms with Crippen LogP contribution in [0.1, 0.15) is 37.2 Å². The molecule has 29 heavy (non-hydrogen) atoms. The average Bonchev–Trinajstić information content (AvgIpc) is 2.67. The van der Waals surface area contributed by atoms with Crippen LogP contribution in [0, 0.1) is 0 Å². The summed E-state index contributed by atoms with van der Waals surface area (Å²) < 4.78 is 23.0. The quantitative estimate of drug-likeness (QED) is 0.619. The molecule has 1 amide bonds. The number of hydrogen-bond donors (Lipinski definition) is 2. The van der Waals surface area contributed by atoms with E-state index in [1.807, 2.05) is 13.0 Å². The monoisotopic (exact) mass is 413 g/mol. The molecular weight excluding hydrogens is 390 g/mol. The summed E-state index contributed by atoms with van der Waals surface area (Å²) in [6.07, 6.45) is 2.49. The predicted octanol–water partition coefficient (Wildman–Crippen LogP) is 2.53. The molecule has 1 aromatic heterocycles. The first-order valence-electron chi connectivity index (χ1n) is 9.31. The molecule has 0 saturated heterocycles. The van der Waals surface area contributed by atoms with Gasteiger partial charge in [-0.25, -0.2) is 13.4 Å². The maximum Gasteiger partial charge on any atom is 0.258 e. The molecule has 0 spiro atoms. The number of fused-ring (bicyclic) bond motifs is 1. The van der Waals surface area contributed by atoms with Crippen molar-refractivity contribution in [3.63, 3.8) is 0 Å². The highest BCUT2D eigenvalue weighted by molar-refractivity contribution is 7.90. The van der Waals surface area contributed by atoms with Gasteiger partial charge in [0.05, 0.1) is 21.8 Å². The summed E-state index contributed by atoms with van der Waals surface area (Å²) in [6.45, 7) is 1.84. The van der Waals surface area contributed by atoms with Gasteiger partial charge in [-0.1, -0.05) is 24.3 Å². The van der Waals surface area contributed by atoms with Crippen molar-refractivity contribution in [2.24, 2.45) is 0 Å². The van der Waals surface area contributed by atoms with E-state index < -0.39 is 9.84 Å². The number of aryl methyl sites for hydroxylation is 1. The second kappa shape index (κ2) is 8.57. The molecule has 0 bridgehead atoms. The first-order chi connectivity index (χ1) is 13.7. The zero-order valence-corrected chi connectivity index (χ0v) is 17.1. The molecule has 2 aromatic carbocycles. The van der Waals surface area contributed by atoms with Crippen LogP contribution in [-0.4, -0.2) is 30.5 Å². The van der Waals surface area contributed by atoms with E-state index in [4.69, 9.17) is 0 Å². The molecule has 8 heteroatoms. The first kappa shape index (κ1) is 20.7. The van der Waals surface area contributed by atoms with Crippen LogP contribution in [-0.2, 0) is 21.1 Å². The first-order valence-corrected chi connectivity index (χ1v) is 11.2. The van der Waals surface area contributed by atoms with Gasteiger partial charge >= 0.3 is 0 Å². The third kappa shape index (κ3) is 5.29. The van der Waals surface area contributed by atoms with Crippen molar-refractivity contribution < 1.29 is 13.2 Å². The number of nitrogens with zero attached hydrogens (tertiary/aromatic N) is 1. The highest BCUT2D eigenvalue weighted by Crippen LogP contribution is 2.16. The highest BCUT2D eigenvalue weighted by atomic mass is 32.2. The molecule has 3 aromatic rings. The number of carbonyl (C=O) groups is 1. The molecule has 0 radical (unpaired) electrons.